The van der Waals surface area contributed by atoms with Crippen molar-refractivity contribution in [2.24, 2.45) is 0 Å². The summed E-state index contributed by atoms with van der Waals surface area (Å²) in [6.45, 7) is 5.41. The maximum atomic E-state index is 12.8. The lowest BCUT2D eigenvalue weighted by atomic mass is 10.1. The highest BCUT2D eigenvalue weighted by Gasteiger charge is 2.17. The van der Waals surface area contributed by atoms with Gasteiger partial charge in [0.15, 0.2) is 5.69 Å². The van der Waals surface area contributed by atoms with E-state index < -0.39 is 5.97 Å². The van der Waals surface area contributed by atoms with Crippen LogP contribution in [0.5, 0.6) is 0 Å². The van der Waals surface area contributed by atoms with Crippen LogP contribution in [0.1, 0.15) is 60.6 Å². The third kappa shape index (κ3) is 7.13. The molecule has 0 radical (unpaired) electrons. The largest absolute Gasteiger partial charge is 0.461 e. The molecule has 0 saturated heterocycles. The van der Waals surface area contributed by atoms with Gasteiger partial charge in [0.05, 0.1) is 13.2 Å². The van der Waals surface area contributed by atoms with Crippen LogP contribution in [0.15, 0.2) is 35.7 Å². The Bertz CT molecular complexity index is 715. The van der Waals surface area contributed by atoms with Crippen molar-refractivity contribution in [3.63, 3.8) is 0 Å². The summed E-state index contributed by atoms with van der Waals surface area (Å²) < 4.78 is 4.99. The van der Waals surface area contributed by atoms with E-state index in [9.17, 15) is 9.59 Å². The number of rotatable bonds is 11. The van der Waals surface area contributed by atoms with E-state index in [0.717, 1.165) is 37.2 Å². The molecular weight excluding hydrogens is 360 g/mol. The average Bonchev–Trinajstić information content (AvgIpc) is 3.15. The Labute approximate surface area is 165 Å². The zero-order valence-corrected chi connectivity index (χ0v) is 17.0. The first-order chi connectivity index (χ1) is 13.1. The molecule has 1 aromatic carbocycles. The van der Waals surface area contributed by atoms with Crippen LogP contribution >= 0.6 is 11.3 Å². The molecule has 2 aromatic rings. The van der Waals surface area contributed by atoms with E-state index >= 15 is 0 Å². The van der Waals surface area contributed by atoms with Crippen molar-refractivity contribution in [2.75, 3.05) is 13.2 Å². The summed E-state index contributed by atoms with van der Waals surface area (Å²) in [5, 5.41) is 2.47. The normalized spacial score (nSPS) is 10.6. The molecule has 0 bridgehead atoms. The minimum atomic E-state index is -0.409. The molecule has 0 aliphatic heterocycles. The Balaban J connectivity index is 1.98. The molecule has 0 aliphatic carbocycles. The number of amides is 1. The second-order valence-corrected chi connectivity index (χ2v) is 7.30. The quantitative estimate of drug-likeness (QED) is 0.421. The summed E-state index contributed by atoms with van der Waals surface area (Å²) in [5.41, 5.74) is 1.49. The fraction of sp³-hybridized carbons (Fsp3) is 0.476. The smallest absolute Gasteiger partial charge is 0.357 e. The van der Waals surface area contributed by atoms with E-state index in [1.165, 1.54) is 16.9 Å². The van der Waals surface area contributed by atoms with Crippen LogP contribution < -0.4 is 0 Å². The number of carbonyl (C=O) groups excluding carboxylic acids is 2. The van der Waals surface area contributed by atoms with Gasteiger partial charge >= 0.3 is 5.97 Å². The van der Waals surface area contributed by atoms with Gasteiger partial charge in [0.1, 0.15) is 5.01 Å². The Morgan fingerprint density at radius 3 is 2.63 bits per heavy atom. The van der Waals surface area contributed by atoms with Crippen LogP contribution in [0.4, 0.5) is 0 Å². The van der Waals surface area contributed by atoms with Crippen molar-refractivity contribution in [1.82, 2.24) is 9.88 Å². The first-order valence-corrected chi connectivity index (χ1v) is 10.4. The molecule has 0 spiro atoms. The third-order valence-electron chi connectivity index (χ3n) is 4.22. The van der Waals surface area contributed by atoms with Crippen molar-refractivity contribution in [3.8, 4) is 0 Å². The summed E-state index contributed by atoms with van der Waals surface area (Å²) >= 11 is 1.40. The van der Waals surface area contributed by atoms with Crippen LogP contribution in [0.25, 0.3) is 0 Å². The highest BCUT2D eigenvalue weighted by molar-refractivity contribution is 7.09. The van der Waals surface area contributed by atoms with Gasteiger partial charge in [0, 0.05) is 18.3 Å². The van der Waals surface area contributed by atoms with Gasteiger partial charge in [-0.25, -0.2) is 9.78 Å². The van der Waals surface area contributed by atoms with Crippen molar-refractivity contribution in [3.05, 3.63) is 52.0 Å². The lowest BCUT2D eigenvalue weighted by molar-refractivity contribution is -0.131. The van der Waals surface area contributed by atoms with Gasteiger partial charge < -0.3 is 9.64 Å². The van der Waals surface area contributed by atoms with Gasteiger partial charge in [0.2, 0.25) is 5.91 Å². The minimum Gasteiger partial charge on any atom is -0.461 e. The molecule has 0 N–H and O–H groups in total. The van der Waals surface area contributed by atoms with Crippen LogP contribution in [0.2, 0.25) is 0 Å². The van der Waals surface area contributed by atoms with Crippen molar-refractivity contribution in [1.29, 1.82) is 0 Å². The molecule has 0 atom stereocenters. The Morgan fingerprint density at radius 1 is 1.15 bits per heavy atom. The number of thiazole rings is 1. The van der Waals surface area contributed by atoms with E-state index in [-0.39, 0.29) is 5.91 Å². The lowest BCUT2D eigenvalue weighted by Crippen LogP contribution is -2.31. The highest BCUT2D eigenvalue weighted by Crippen LogP contribution is 2.16. The number of aromatic nitrogens is 1. The van der Waals surface area contributed by atoms with E-state index in [1.54, 1.807) is 12.3 Å². The monoisotopic (exact) mass is 388 g/mol. The van der Waals surface area contributed by atoms with Crippen LogP contribution in [0, 0.1) is 0 Å². The molecule has 0 saturated carbocycles. The molecule has 0 unspecified atom stereocenters. The van der Waals surface area contributed by atoms with Gasteiger partial charge in [-0.1, -0.05) is 50.1 Å². The minimum absolute atomic E-state index is 0.128. The van der Waals surface area contributed by atoms with Gasteiger partial charge in [0.25, 0.3) is 0 Å². The molecule has 0 aliphatic rings. The molecule has 1 amide bonds. The fourth-order valence-electron chi connectivity index (χ4n) is 2.74. The molecule has 1 aromatic heterocycles. The summed E-state index contributed by atoms with van der Waals surface area (Å²) in [6, 6.07) is 10.0. The summed E-state index contributed by atoms with van der Waals surface area (Å²) in [7, 11) is 0. The Kier molecular flexibility index (Phi) is 8.98. The third-order valence-corrected chi connectivity index (χ3v) is 5.05. The zero-order chi connectivity index (χ0) is 19.5. The van der Waals surface area contributed by atoms with E-state index in [2.05, 4.69) is 11.9 Å². The average molecular weight is 389 g/mol. The lowest BCUT2D eigenvalue weighted by Gasteiger charge is -2.21. The van der Waals surface area contributed by atoms with Crippen molar-refractivity contribution in [2.45, 2.75) is 52.5 Å². The number of hydrogen-bond acceptors (Lipinski definition) is 5. The van der Waals surface area contributed by atoms with Crippen LogP contribution in [-0.2, 0) is 22.5 Å². The second-order valence-electron chi connectivity index (χ2n) is 6.35. The van der Waals surface area contributed by atoms with Gasteiger partial charge in [-0.15, -0.1) is 11.3 Å². The number of esters is 1. The first-order valence-electron chi connectivity index (χ1n) is 9.57. The number of nitrogens with zero attached hydrogens (tertiary/aromatic N) is 2. The standard InChI is InChI=1S/C21H28N2O3S/c1-3-5-9-14-23(20(24)13-12-17-10-7-6-8-11-17)15-19-22-18(16-27-19)21(25)26-4-2/h6-8,10-11,16H,3-5,9,12-15H2,1-2H3. The summed E-state index contributed by atoms with van der Waals surface area (Å²) in [5.74, 6) is -0.282. The molecule has 0 fully saturated rings. The van der Waals surface area contributed by atoms with Crippen LogP contribution in [-0.4, -0.2) is 34.9 Å². The van der Waals surface area contributed by atoms with Gasteiger partial charge in [-0.2, -0.15) is 0 Å². The highest BCUT2D eigenvalue weighted by atomic mass is 32.1. The number of ether oxygens (including phenoxy) is 1. The molecular formula is C21H28N2O3S. The van der Waals surface area contributed by atoms with Gasteiger partial charge in [-0.3, -0.25) is 4.79 Å². The number of carbonyl (C=O) groups is 2. The molecule has 2 rings (SSSR count). The molecule has 6 heteroatoms. The fourth-order valence-corrected chi connectivity index (χ4v) is 3.52. The van der Waals surface area contributed by atoms with Crippen molar-refractivity contribution < 1.29 is 14.3 Å². The number of unbranched alkanes of at least 4 members (excludes halogenated alkanes) is 2. The molecule has 5 nitrogen and oxygen atoms in total. The predicted molar refractivity (Wildman–Crippen MR) is 108 cm³/mol. The molecule has 146 valence electrons. The van der Waals surface area contributed by atoms with E-state index in [0.29, 0.717) is 25.3 Å². The first kappa shape index (κ1) is 21.1. The topological polar surface area (TPSA) is 59.5 Å². The SMILES string of the molecule is CCCCCN(Cc1nc(C(=O)OCC)cs1)C(=O)CCc1ccccc1. The maximum Gasteiger partial charge on any atom is 0.357 e. The zero-order valence-electron chi connectivity index (χ0n) is 16.1. The van der Waals surface area contributed by atoms with Gasteiger partial charge in [-0.05, 0) is 25.3 Å². The number of hydrogen-bond donors (Lipinski definition) is 0. The van der Waals surface area contributed by atoms with Crippen LogP contribution in [0.3, 0.4) is 0 Å². The second kappa shape index (κ2) is 11.5. The number of benzene rings is 1. The Morgan fingerprint density at radius 2 is 1.93 bits per heavy atom. The summed E-state index contributed by atoms with van der Waals surface area (Å²) in [4.78, 5) is 30.8. The van der Waals surface area contributed by atoms with Crippen molar-refractivity contribution >= 4 is 23.2 Å². The molecule has 1 heterocycles. The maximum absolute atomic E-state index is 12.8. The van der Waals surface area contributed by atoms with E-state index in [4.69, 9.17) is 4.74 Å². The Hall–Kier alpha value is -2.21. The summed E-state index contributed by atoms with van der Waals surface area (Å²) in [6.07, 6.45) is 4.39. The predicted octanol–water partition coefficient (Wildman–Crippen LogP) is 4.47. The molecule has 27 heavy (non-hydrogen) atoms. The van der Waals surface area contributed by atoms with E-state index in [1.807, 2.05) is 35.2 Å². The number of aryl methyl sites for hydroxylation is 1.